The Morgan fingerprint density at radius 2 is 2.27 bits per heavy atom. The lowest BCUT2D eigenvalue weighted by molar-refractivity contribution is -0.384. The van der Waals surface area contributed by atoms with Crippen molar-refractivity contribution in [3.8, 4) is 0 Å². The number of halogens is 1. The molecule has 1 fully saturated rings. The number of hydrogen-bond acceptors (Lipinski definition) is 5. The van der Waals surface area contributed by atoms with Gasteiger partial charge in [-0.05, 0) is 25.5 Å². The molecule has 0 radical (unpaired) electrons. The molecule has 0 unspecified atom stereocenters. The number of carbonyl (C=O) groups is 1. The molecule has 0 saturated carbocycles. The van der Waals surface area contributed by atoms with Gasteiger partial charge in [0.25, 0.3) is 5.69 Å². The fraction of sp³-hybridized carbons (Fsp3) is 0.500. The predicted octanol–water partition coefficient (Wildman–Crippen LogP) is 1.56. The van der Waals surface area contributed by atoms with Crippen molar-refractivity contribution in [2.45, 2.75) is 19.9 Å². The van der Waals surface area contributed by atoms with Gasteiger partial charge in [-0.1, -0.05) is 0 Å². The highest BCUT2D eigenvalue weighted by molar-refractivity contribution is 5.93. The summed E-state index contributed by atoms with van der Waals surface area (Å²) in [5.41, 5.74) is 1.33. The number of rotatable bonds is 4. The van der Waals surface area contributed by atoms with E-state index in [9.17, 15) is 14.9 Å². The van der Waals surface area contributed by atoms with Crippen molar-refractivity contribution >= 4 is 29.7 Å². The van der Waals surface area contributed by atoms with Crippen LogP contribution in [0.1, 0.15) is 12.5 Å². The van der Waals surface area contributed by atoms with E-state index in [1.54, 1.807) is 13.0 Å². The minimum atomic E-state index is -0.443. The van der Waals surface area contributed by atoms with Crippen LogP contribution >= 0.6 is 12.4 Å². The molecule has 0 bridgehead atoms. The number of nitro benzene ring substituents is 1. The first-order chi connectivity index (χ1) is 9.97. The molecule has 0 aromatic heterocycles. The quantitative estimate of drug-likeness (QED) is 0.647. The average molecular weight is 329 g/mol. The van der Waals surface area contributed by atoms with E-state index < -0.39 is 4.92 Å². The van der Waals surface area contributed by atoms with E-state index in [0.717, 1.165) is 19.6 Å². The molecule has 2 N–H and O–H groups in total. The maximum Gasteiger partial charge on any atom is 0.269 e. The van der Waals surface area contributed by atoms with Gasteiger partial charge >= 0.3 is 0 Å². The monoisotopic (exact) mass is 328 g/mol. The largest absolute Gasteiger partial charge is 0.325 e. The minimum Gasteiger partial charge on any atom is -0.325 e. The van der Waals surface area contributed by atoms with Crippen LogP contribution in [0.5, 0.6) is 0 Å². The Kier molecular flexibility index (Phi) is 6.73. The smallest absolute Gasteiger partial charge is 0.269 e. The zero-order chi connectivity index (χ0) is 15.4. The van der Waals surface area contributed by atoms with Crippen molar-refractivity contribution in [1.82, 2.24) is 10.2 Å². The lowest BCUT2D eigenvalue weighted by atomic mass is 10.1. The molecule has 1 aromatic carbocycles. The normalized spacial score (nSPS) is 18.4. The standard InChI is InChI=1S/C14H20N4O3.ClH/c1-10-7-12(18(20)21)3-4-13(10)16-14(19)9-17-6-5-15-8-11(17)2;/h3-4,7,11,15H,5-6,8-9H2,1-2H3,(H,16,19);1H/t11-;/m0./s1. The Labute approximate surface area is 135 Å². The maximum absolute atomic E-state index is 12.1. The average Bonchev–Trinajstić information content (AvgIpc) is 2.43. The first-order valence-corrected chi connectivity index (χ1v) is 6.97. The van der Waals surface area contributed by atoms with Crippen LogP contribution in [0.3, 0.4) is 0 Å². The molecule has 1 aliphatic rings. The second-order valence-electron chi connectivity index (χ2n) is 5.33. The lowest BCUT2D eigenvalue weighted by Crippen LogP contribution is -2.52. The third-order valence-corrected chi connectivity index (χ3v) is 3.68. The van der Waals surface area contributed by atoms with Gasteiger partial charge in [0.05, 0.1) is 11.5 Å². The van der Waals surface area contributed by atoms with Gasteiger partial charge in [-0.3, -0.25) is 19.8 Å². The topological polar surface area (TPSA) is 87.5 Å². The third kappa shape index (κ3) is 4.66. The predicted molar refractivity (Wildman–Crippen MR) is 87.6 cm³/mol. The summed E-state index contributed by atoms with van der Waals surface area (Å²) in [4.78, 5) is 24.5. The Morgan fingerprint density at radius 3 is 2.86 bits per heavy atom. The third-order valence-electron chi connectivity index (χ3n) is 3.68. The van der Waals surface area contributed by atoms with Gasteiger partial charge in [0.15, 0.2) is 0 Å². The molecule has 7 nitrogen and oxygen atoms in total. The number of nitrogens with one attached hydrogen (secondary N) is 2. The van der Waals surface area contributed by atoms with Gasteiger partial charge in [0.2, 0.25) is 5.91 Å². The van der Waals surface area contributed by atoms with Gasteiger partial charge < -0.3 is 10.6 Å². The lowest BCUT2D eigenvalue weighted by Gasteiger charge is -2.33. The second-order valence-corrected chi connectivity index (χ2v) is 5.33. The van der Waals surface area contributed by atoms with Crippen molar-refractivity contribution in [1.29, 1.82) is 0 Å². The van der Waals surface area contributed by atoms with Gasteiger partial charge in [-0.25, -0.2) is 0 Å². The zero-order valence-electron chi connectivity index (χ0n) is 12.7. The number of amides is 1. The summed E-state index contributed by atoms with van der Waals surface area (Å²) in [6.07, 6.45) is 0. The van der Waals surface area contributed by atoms with E-state index in [1.165, 1.54) is 12.1 Å². The van der Waals surface area contributed by atoms with Crippen molar-refractivity contribution in [2.24, 2.45) is 0 Å². The first kappa shape index (κ1) is 18.3. The fourth-order valence-corrected chi connectivity index (χ4v) is 2.39. The van der Waals surface area contributed by atoms with Crippen LogP contribution in [0.2, 0.25) is 0 Å². The molecule has 1 atom stereocenters. The highest BCUT2D eigenvalue weighted by Crippen LogP contribution is 2.21. The van der Waals surface area contributed by atoms with Crippen LogP contribution in [0.15, 0.2) is 18.2 Å². The van der Waals surface area contributed by atoms with E-state index in [0.29, 0.717) is 23.8 Å². The second kappa shape index (κ2) is 8.07. The van der Waals surface area contributed by atoms with E-state index in [4.69, 9.17) is 0 Å². The first-order valence-electron chi connectivity index (χ1n) is 6.97. The Hall–Kier alpha value is -1.70. The van der Waals surface area contributed by atoms with Crippen LogP contribution < -0.4 is 10.6 Å². The Balaban J connectivity index is 0.00000242. The number of nitrogens with zero attached hydrogens (tertiary/aromatic N) is 2. The SMILES string of the molecule is Cc1cc([N+](=O)[O-])ccc1NC(=O)CN1CCNC[C@@H]1C.Cl. The van der Waals surface area contributed by atoms with Gasteiger partial charge in [0.1, 0.15) is 0 Å². The number of benzene rings is 1. The summed E-state index contributed by atoms with van der Waals surface area (Å²) in [6, 6.07) is 4.76. The Morgan fingerprint density at radius 1 is 1.55 bits per heavy atom. The van der Waals surface area contributed by atoms with Crippen molar-refractivity contribution < 1.29 is 9.72 Å². The van der Waals surface area contributed by atoms with Crippen molar-refractivity contribution in [2.75, 3.05) is 31.5 Å². The maximum atomic E-state index is 12.1. The molecule has 1 aromatic rings. The summed E-state index contributed by atoms with van der Waals surface area (Å²) in [7, 11) is 0. The number of aryl methyl sites for hydroxylation is 1. The highest BCUT2D eigenvalue weighted by atomic mass is 35.5. The van der Waals surface area contributed by atoms with Gasteiger partial charge in [-0.15, -0.1) is 12.4 Å². The molecule has 1 saturated heterocycles. The molecule has 1 aliphatic heterocycles. The minimum absolute atomic E-state index is 0. The summed E-state index contributed by atoms with van der Waals surface area (Å²) in [6.45, 7) is 6.76. The highest BCUT2D eigenvalue weighted by Gasteiger charge is 2.20. The molecule has 22 heavy (non-hydrogen) atoms. The summed E-state index contributed by atoms with van der Waals surface area (Å²) >= 11 is 0. The molecule has 0 spiro atoms. The number of piperazine rings is 1. The molecule has 1 heterocycles. The summed E-state index contributed by atoms with van der Waals surface area (Å²) < 4.78 is 0. The number of non-ortho nitro benzene ring substituents is 1. The van der Waals surface area contributed by atoms with Crippen molar-refractivity contribution in [3.05, 3.63) is 33.9 Å². The Bertz CT molecular complexity index is 553. The molecule has 122 valence electrons. The summed E-state index contributed by atoms with van der Waals surface area (Å²) in [5.74, 6) is -0.0966. The van der Waals surface area contributed by atoms with Crippen LogP contribution in [0.4, 0.5) is 11.4 Å². The van der Waals surface area contributed by atoms with Crippen LogP contribution in [0, 0.1) is 17.0 Å². The molecule has 1 amide bonds. The number of nitro groups is 1. The van der Waals surface area contributed by atoms with Crippen LogP contribution in [-0.4, -0.2) is 48.0 Å². The molecular formula is C14H21ClN4O3. The van der Waals surface area contributed by atoms with E-state index in [1.807, 2.05) is 0 Å². The fourth-order valence-electron chi connectivity index (χ4n) is 2.39. The van der Waals surface area contributed by atoms with E-state index in [2.05, 4.69) is 22.5 Å². The van der Waals surface area contributed by atoms with Gasteiger partial charge in [-0.2, -0.15) is 0 Å². The number of carbonyl (C=O) groups excluding carboxylic acids is 1. The van der Waals surface area contributed by atoms with Crippen LogP contribution in [0.25, 0.3) is 0 Å². The van der Waals surface area contributed by atoms with Crippen LogP contribution in [-0.2, 0) is 4.79 Å². The van der Waals surface area contributed by atoms with E-state index in [-0.39, 0.29) is 24.0 Å². The summed E-state index contributed by atoms with van der Waals surface area (Å²) in [5, 5.41) is 16.8. The molecular weight excluding hydrogens is 308 g/mol. The van der Waals surface area contributed by atoms with Crippen molar-refractivity contribution in [3.63, 3.8) is 0 Å². The van der Waals surface area contributed by atoms with Gasteiger partial charge in [0, 0.05) is 43.5 Å². The molecule has 2 rings (SSSR count). The van der Waals surface area contributed by atoms with E-state index >= 15 is 0 Å². The number of hydrogen-bond donors (Lipinski definition) is 2. The number of anilines is 1. The molecule has 8 heteroatoms. The zero-order valence-corrected chi connectivity index (χ0v) is 13.5. The molecule has 0 aliphatic carbocycles.